The van der Waals surface area contributed by atoms with Gasteiger partial charge in [0.05, 0.1) is 37.4 Å². The number of hydrogen-bond acceptors (Lipinski definition) is 6. The smallest absolute Gasteiger partial charge is 0.286 e. The second kappa shape index (κ2) is 10.1. The summed E-state index contributed by atoms with van der Waals surface area (Å²) >= 11 is 0. The largest absolute Gasteiger partial charge is 0.493 e. The van der Waals surface area contributed by atoms with Crippen LogP contribution >= 0.6 is 0 Å². The van der Waals surface area contributed by atoms with Gasteiger partial charge in [0.1, 0.15) is 5.56 Å². The van der Waals surface area contributed by atoms with Crippen molar-refractivity contribution >= 4 is 11.6 Å². The van der Waals surface area contributed by atoms with E-state index in [2.05, 4.69) is 12.2 Å². The van der Waals surface area contributed by atoms with Crippen molar-refractivity contribution < 1.29 is 23.9 Å². The van der Waals surface area contributed by atoms with E-state index in [-0.39, 0.29) is 29.6 Å². The van der Waals surface area contributed by atoms with Crippen LogP contribution in [-0.4, -0.2) is 43.8 Å². The van der Waals surface area contributed by atoms with Crippen LogP contribution in [0, 0.1) is 16.0 Å². The number of rotatable bonds is 9. The zero-order valence-electron chi connectivity index (χ0n) is 16.2. The van der Waals surface area contributed by atoms with Crippen LogP contribution < -0.4 is 14.8 Å². The molecule has 2 unspecified atom stereocenters. The van der Waals surface area contributed by atoms with Gasteiger partial charge < -0.3 is 19.5 Å². The average Bonchev–Trinajstić information content (AvgIpc) is 2.66. The number of nitro benzene ring substituents is 1. The number of methoxy groups -OCH3 is 1. The molecule has 0 saturated heterocycles. The number of ether oxygens (including phenoxy) is 3. The Balaban J connectivity index is 2.01. The zero-order valence-corrected chi connectivity index (χ0v) is 16.2. The van der Waals surface area contributed by atoms with Gasteiger partial charge >= 0.3 is 0 Å². The lowest BCUT2D eigenvalue weighted by molar-refractivity contribution is -0.385. The van der Waals surface area contributed by atoms with Gasteiger partial charge in [0.15, 0.2) is 11.5 Å². The molecular weight excluding hydrogens is 352 g/mol. The minimum atomic E-state index is -0.604. The molecule has 150 valence electrons. The molecule has 8 heteroatoms. The van der Waals surface area contributed by atoms with E-state index in [0.29, 0.717) is 24.9 Å². The van der Waals surface area contributed by atoms with E-state index in [9.17, 15) is 14.9 Å². The lowest BCUT2D eigenvalue weighted by Gasteiger charge is -2.28. The SMILES string of the molecule is CCOc1cc(C(=O)NCCOC2CCCCC2C)c([N+](=O)[O-])cc1OC. The highest BCUT2D eigenvalue weighted by atomic mass is 16.6. The topological polar surface area (TPSA) is 99.9 Å². The van der Waals surface area contributed by atoms with Gasteiger partial charge in [-0.05, 0) is 25.7 Å². The first-order chi connectivity index (χ1) is 13.0. The van der Waals surface area contributed by atoms with Crippen LogP contribution in [0.25, 0.3) is 0 Å². The lowest BCUT2D eigenvalue weighted by Crippen LogP contribution is -2.32. The van der Waals surface area contributed by atoms with Crippen LogP contribution in [-0.2, 0) is 4.74 Å². The first-order valence-electron chi connectivity index (χ1n) is 9.36. The molecule has 1 aliphatic carbocycles. The zero-order chi connectivity index (χ0) is 19.8. The van der Waals surface area contributed by atoms with Crippen molar-refractivity contribution in [1.29, 1.82) is 0 Å². The van der Waals surface area contributed by atoms with Crippen LogP contribution in [0.4, 0.5) is 5.69 Å². The standard InChI is InChI=1S/C19H28N2O6/c1-4-26-18-11-14(15(21(23)24)12-17(18)25-3)19(22)20-9-10-27-16-8-6-5-7-13(16)2/h11-13,16H,4-10H2,1-3H3,(H,20,22). The fourth-order valence-electron chi connectivity index (χ4n) is 3.31. The van der Waals surface area contributed by atoms with E-state index in [1.165, 1.54) is 32.1 Å². The van der Waals surface area contributed by atoms with Crippen molar-refractivity contribution in [3.63, 3.8) is 0 Å². The van der Waals surface area contributed by atoms with Crippen LogP contribution in [0.15, 0.2) is 12.1 Å². The van der Waals surface area contributed by atoms with Gasteiger partial charge in [-0.25, -0.2) is 0 Å². The summed E-state index contributed by atoms with van der Waals surface area (Å²) in [5.41, 5.74) is -0.384. The minimum Gasteiger partial charge on any atom is -0.493 e. The van der Waals surface area contributed by atoms with Gasteiger partial charge in [-0.3, -0.25) is 14.9 Å². The van der Waals surface area contributed by atoms with E-state index >= 15 is 0 Å². The Morgan fingerprint density at radius 2 is 2.04 bits per heavy atom. The number of benzene rings is 1. The molecule has 1 aromatic rings. The van der Waals surface area contributed by atoms with Crippen LogP contribution in [0.3, 0.4) is 0 Å². The molecule has 0 spiro atoms. The first-order valence-corrected chi connectivity index (χ1v) is 9.36. The molecule has 1 aliphatic rings. The molecule has 0 aromatic heterocycles. The monoisotopic (exact) mass is 380 g/mol. The molecule has 0 aliphatic heterocycles. The van der Waals surface area contributed by atoms with Gasteiger partial charge in [-0.1, -0.05) is 19.8 Å². The molecule has 1 N–H and O–H groups in total. The third kappa shape index (κ3) is 5.56. The molecule has 2 atom stereocenters. The molecule has 1 fully saturated rings. The van der Waals surface area contributed by atoms with Crippen molar-refractivity contribution in [3.8, 4) is 11.5 Å². The maximum atomic E-state index is 12.5. The quantitative estimate of drug-likeness (QED) is 0.401. The van der Waals surface area contributed by atoms with Crippen molar-refractivity contribution in [2.45, 2.75) is 45.6 Å². The number of nitrogens with zero attached hydrogens (tertiary/aromatic N) is 1. The number of carbonyl (C=O) groups excluding carboxylic acids is 1. The highest BCUT2D eigenvalue weighted by Gasteiger charge is 2.25. The number of nitrogens with one attached hydrogen (secondary N) is 1. The molecule has 1 amide bonds. The minimum absolute atomic E-state index is 0.0599. The van der Waals surface area contributed by atoms with E-state index < -0.39 is 10.8 Å². The maximum absolute atomic E-state index is 12.5. The summed E-state index contributed by atoms with van der Waals surface area (Å²) in [5, 5.41) is 14.0. The molecule has 0 radical (unpaired) electrons. The van der Waals surface area contributed by atoms with Gasteiger partial charge in [-0.15, -0.1) is 0 Å². The van der Waals surface area contributed by atoms with E-state index in [1.807, 2.05) is 0 Å². The summed E-state index contributed by atoms with van der Waals surface area (Å²) in [4.78, 5) is 23.2. The molecule has 8 nitrogen and oxygen atoms in total. The van der Waals surface area contributed by atoms with E-state index in [4.69, 9.17) is 14.2 Å². The van der Waals surface area contributed by atoms with E-state index in [0.717, 1.165) is 12.8 Å². The number of carbonyl (C=O) groups is 1. The first kappa shape index (κ1) is 21.0. The molecule has 0 bridgehead atoms. The summed E-state index contributed by atoms with van der Waals surface area (Å²) in [7, 11) is 1.39. The van der Waals surface area contributed by atoms with Gasteiger partial charge in [0.2, 0.25) is 0 Å². The Kier molecular flexibility index (Phi) is 7.84. The van der Waals surface area contributed by atoms with Crippen molar-refractivity contribution in [3.05, 3.63) is 27.8 Å². The highest BCUT2D eigenvalue weighted by Crippen LogP contribution is 2.34. The van der Waals surface area contributed by atoms with Gasteiger partial charge in [-0.2, -0.15) is 0 Å². The summed E-state index contributed by atoms with van der Waals surface area (Å²) < 4.78 is 16.4. The van der Waals surface area contributed by atoms with Crippen LogP contribution in [0.1, 0.15) is 49.9 Å². The van der Waals surface area contributed by atoms with Gasteiger partial charge in [0, 0.05) is 12.6 Å². The van der Waals surface area contributed by atoms with Crippen molar-refractivity contribution in [1.82, 2.24) is 5.32 Å². The summed E-state index contributed by atoms with van der Waals surface area (Å²) in [6.07, 6.45) is 4.82. The Morgan fingerprint density at radius 3 is 2.67 bits per heavy atom. The van der Waals surface area contributed by atoms with Crippen molar-refractivity contribution in [2.75, 3.05) is 26.9 Å². The summed E-state index contributed by atoms with van der Waals surface area (Å²) in [5.74, 6) is 0.495. The van der Waals surface area contributed by atoms with Gasteiger partial charge in [0.25, 0.3) is 11.6 Å². The highest BCUT2D eigenvalue weighted by molar-refractivity contribution is 5.99. The Labute approximate surface area is 159 Å². The molecule has 1 saturated carbocycles. The molecule has 2 rings (SSSR count). The second-order valence-corrected chi connectivity index (χ2v) is 6.64. The Bertz CT molecular complexity index is 664. The van der Waals surface area contributed by atoms with Crippen molar-refractivity contribution in [2.24, 2.45) is 5.92 Å². The molecule has 1 aromatic carbocycles. The Morgan fingerprint density at radius 1 is 1.30 bits per heavy atom. The molecular formula is C19H28N2O6. The third-order valence-corrected chi connectivity index (χ3v) is 4.78. The fraction of sp³-hybridized carbons (Fsp3) is 0.632. The third-order valence-electron chi connectivity index (χ3n) is 4.78. The number of nitro groups is 1. The Hall–Kier alpha value is -2.35. The maximum Gasteiger partial charge on any atom is 0.286 e. The molecule has 27 heavy (non-hydrogen) atoms. The lowest BCUT2D eigenvalue weighted by atomic mass is 9.88. The fourth-order valence-corrected chi connectivity index (χ4v) is 3.31. The normalized spacial score (nSPS) is 19.4. The molecule has 0 heterocycles. The summed E-state index contributed by atoms with van der Waals surface area (Å²) in [6.45, 7) is 4.98. The second-order valence-electron chi connectivity index (χ2n) is 6.64. The average molecular weight is 380 g/mol. The van der Waals surface area contributed by atoms with Crippen LogP contribution in [0.5, 0.6) is 11.5 Å². The summed E-state index contributed by atoms with van der Waals surface area (Å²) in [6, 6.07) is 2.56. The predicted molar refractivity (Wildman–Crippen MR) is 101 cm³/mol. The van der Waals surface area contributed by atoms with E-state index in [1.54, 1.807) is 6.92 Å². The predicted octanol–water partition coefficient (Wildman–Crippen LogP) is 3.33. The number of amides is 1. The number of hydrogen-bond donors (Lipinski definition) is 1. The van der Waals surface area contributed by atoms with Crippen LogP contribution in [0.2, 0.25) is 0 Å².